The Kier molecular flexibility index (Phi) is 6.40. The summed E-state index contributed by atoms with van der Waals surface area (Å²) in [5.41, 5.74) is 4.22. The van der Waals surface area contributed by atoms with Crippen LogP contribution in [0.25, 0.3) is 16.5 Å². The third-order valence-electron chi connectivity index (χ3n) is 5.89. The average molecular weight is 440 g/mol. The van der Waals surface area contributed by atoms with Crippen LogP contribution in [0.15, 0.2) is 77.6 Å². The summed E-state index contributed by atoms with van der Waals surface area (Å²) in [5.74, 6) is 0.255. The van der Waals surface area contributed by atoms with E-state index in [2.05, 4.69) is 36.4 Å². The van der Waals surface area contributed by atoms with Crippen molar-refractivity contribution in [1.82, 2.24) is 9.78 Å². The van der Waals surface area contributed by atoms with Gasteiger partial charge in [0.25, 0.3) is 5.56 Å². The molecule has 0 radical (unpaired) electrons. The highest BCUT2D eigenvalue weighted by molar-refractivity contribution is 5.95. The minimum Gasteiger partial charge on any atom is -0.326 e. The van der Waals surface area contributed by atoms with Gasteiger partial charge in [-0.1, -0.05) is 56.3 Å². The first-order chi connectivity index (χ1) is 15.8. The molecule has 1 N–H and O–H groups in total. The van der Waals surface area contributed by atoms with E-state index in [0.717, 1.165) is 23.1 Å². The van der Waals surface area contributed by atoms with Crippen LogP contribution in [0.3, 0.4) is 0 Å². The second-order valence-corrected chi connectivity index (χ2v) is 8.95. The number of aromatic nitrogens is 2. The standard InChI is InChI=1S/C28H29N3O2/c1-18(2)17-21-9-11-22(12-10-21)19(3)27(32)29-23-13-15-24(16-14-23)31-28(33)26-8-6-5-7-25(26)20(4)30-31/h5-16,18-19H,17H2,1-4H3,(H,29,32). The molecule has 5 heteroatoms. The quantitative estimate of drug-likeness (QED) is 0.423. The van der Waals surface area contributed by atoms with Gasteiger partial charge in [-0.05, 0) is 67.6 Å². The second kappa shape index (κ2) is 9.41. The van der Waals surface area contributed by atoms with Gasteiger partial charge in [0.2, 0.25) is 5.91 Å². The number of nitrogens with one attached hydrogen (secondary N) is 1. The van der Waals surface area contributed by atoms with Crippen LogP contribution in [0.4, 0.5) is 5.69 Å². The summed E-state index contributed by atoms with van der Waals surface area (Å²) in [7, 11) is 0. The largest absolute Gasteiger partial charge is 0.326 e. The molecule has 5 nitrogen and oxygen atoms in total. The van der Waals surface area contributed by atoms with Crippen molar-refractivity contribution in [3.8, 4) is 5.69 Å². The molecule has 1 aromatic heterocycles. The van der Waals surface area contributed by atoms with Crippen LogP contribution in [0.2, 0.25) is 0 Å². The number of fused-ring (bicyclic) bond motifs is 1. The molecule has 3 aromatic carbocycles. The minimum atomic E-state index is -0.273. The van der Waals surface area contributed by atoms with E-state index in [9.17, 15) is 9.59 Å². The van der Waals surface area contributed by atoms with Crippen molar-refractivity contribution in [1.29, 1.82) is 0 Å². The van der Waals surface area contributed by atoms with Crippen LogP contribution in [0.5, 0.6) is 0 Å². The lowest BCUT2D eigenvalue weighted by Crippen LogP contribution is -2.22. The highest BCUT2D eigenvalue weighted by Crippen LogP contribution is 2.21. The molecule has 1 heterocycles. The Bertz CT molecular complexity index is 1340. The molecule has 0 saturated carbocycles. The summed E-state index contributed by atoms with van der Waals surface area (Å²) in [6.07, 6.45) is 1.03. The third-order valence-corrected chi connectivity index (χ3v) is 5.89. The number of aryl methyl sites for hydroxylation is 1. The van der Waals surface area contributed by atoms with E-state index in [4.69, 9.17) is 0 Å². The van der Waals surface area contributed by atoms with E-state index in [-0.39, 0.29) is 17.4 Å². The Morgan fingerprint density at radius 1 is 0.909 bits per heavy atom. The first-order valence-electron chi connectivity index (χ1n) is 11.3. The minimum absolute atomic E-state index is 0.0730. The van der Waals surface area contributed by atoms with E-state index < -0.39 is 0 Å². The van der Waals surface area contributed by atoms with Crippen LogP contribution in [-0.2, 0) is 11.2 Å². The third kappa shape index (κ3) is 4.87. The predicted octanol–water partition coefficient (Wildman–Crippen LogP) is 5.63. The molecule has 0 spiro atoms. The lowest BCUT2D eigenvalue weighted by Gasteiger charge is -2.14. The van der Waals surface area contributed by atoms with Crippen LogP contribution in [0.1, 0.15) is 43.5 Å². The van der Waals surface area contributed by atoms with Gasteiger partial charge in [-0.2, -0.15) is 9.78 Å². The molecule has 0 saturated heterocycles. The molecule has 4 rings (SSSR count). The molecule has 168 valence electrons. The molecule has 1 unspecified atom stereocenters. The fourth-order valence-corrected chi connectivity index (χ4v) is 4.03. The maximum Gasteiger partial charge on any atom is 0.279 e. The Morgan fingerprint density at radius 3 is 2.18 bits per heavy atom. The van der Waals surface area contributed by atoms with Gasteiger partial charge in [0, 0.05) is 11.1 Å². The lowest BCUT2D eigenvalue weighted by molar-refractivity contribution is -0.117. The first kappa shape index (κ1) is 22.5. The van der Waals surface area contributed by atoms with Gasteiger partial charge in [-0.3, -0.25) is 9.59 Å². The zero-order valence-electron chi connectivity index (χ0n) is 19.5. The Morgan fingerprint density at radius 2 is 1.55 bits per heavy atom. The smallest absolute Gasteiger partial charge is 0.279 e. The summed E-state index contributed by atoms with van der Waals surface area (Å²) in [6, 6.07) is 22.9. The summed E-state index contributed by atoms with van der Waals surface area (Å²) >= 11 is 0. The number of benzene rings is 3. The number of anilines is 1. The van der Waals surface area contributed by atoms with Crippen molar-refractivity contribution in [2.75, 3.05) is 5.32 Å². The van der Waals surface area contributed by atoms with Crippen LogP contribution < -0.4 is 10.9 Å². The number of hydrogen-bond acceptors (Lipinski definition) is 3. The summed E-state index contributed by atoms with van der Waals surface area (Å²) in [4.78, 5) is 25.7. The Balaban J connectivity index is 1.50. The van der Waals surface area contributed by atoms with E-state index in [1.807, 2.05) is 50.2 Å². The molecule has 33 heavy (non-hydrogen) atoms. The fraction of sp³-hybridized carbons (Fsp3) is 0.250. The highest BCUT2D eigenvalue weighted by Gasteiger charge is 2.16. The van der Waals surface area contributed by atoms with E-state index in [0.29, 0.717) is 22.7 Å². The SMILES string of the molecule is Cc1nn(-c2ccc(NC(=O)C(C)c3ccc(CC(C)C)cc3)cc2)c(=O)c2ccccc12. The number of hydrogen-bond donors (Lipinski definition) is 1. The molecule has 0 aliphatic heterocycles. The number of carbonyl (C=O) groups is 1. The van der Waals surface area contributed by atoms with Gasteiger partial charge in [0.1, 0.15) is 0 Å². The maximum absolute atomic E-state index is 12.9. The van der Waals surface area contributed by atoms with Gasteiger partial charge in [-0.15, -0.1) is 0 Å². The molecular formula is C28H29N3O2. The Hall–Kier alpha value is -3.73. The predicted molar refractivity (Wildman–Crippen MR) is 134 cm³/mol. The zero-order valence-corrected chi connectivity index (χ0v) is 19.5. The van der Waals surface area contributed by atoms with E-state index >= 15 is 0 Å². The number of amides is 1. The van der Waals surface area contributed by atoms with Crippen LogP contribution >= 0.6 is 0 Å². The summed E-state index contributed by atoms with van der Waals surface area (Å²) in [6.45, 7) is 8.19. The molecule has 0 fully saturated rings. The van der Waals surface area contributed by atoms with Crippen molar-refractivity contribution < 1.29 is 4.79 Å². The number of nitrogens with zero attached hydrogens (tertiary/aromatic N) is 2. The van der Waals surface area contributed by atoms with E-state index in [1.54, 1.807) is 24.3 Å². The molecule has 0 aliphatic carbocycles. The maximum atomic E-state index is 12.9. The summed E-state index contributed by atoms with van der Waals surface area (Å²) < 4.78 is 1.41. The van der Waals surface area contributed by atoms with Gasteiger partial charge in [-0.25, -0.2) is 0 Å². The average Bonchev–Trinajstić information content (AvgIpc) is 2.81. The second-order valence-electron chi connectivity index (χ2n) is 8.95. The molecule has 1 amide bonds. The molecule has 0 bridgehead atoms. The van der Waals surface area contributed by atoms with Crippen molar-refractivity contribution in [3.63, 3.8) is 0 Å². The van der Waals surface area contributed by atoms with Gasteiger partial charge in [0.15, 0.2) is 0 Å². The molecule has 1 atom stereocenters. The highest BCUT2D eigenvalue weighted by atomic mass is 16.2. The topological polar surface area (TPSA) is 64.0 Å². The van der Waals surface area contributed by atoms with Crippen molar-refractivity contribution in [2.45, 2.75) is 40.0 Å². The number of rotatable bonds is 6. The summed E-state index contributed by atoms with van der Waals surface area (Å²) in [5, 5.41) is 8.94. The molecular weight excluding hydrogens is 410 g/mol. The van der Waals surface area contributed by atoms with Gasteiger partial charge in [0.05, 0.1) is 22.7 Å². The van der Waals surface area contributed by atoms with Crippen molar-refractivity contribution >= 4 is 22.4 Å². The van der Waals surface area contributed by atoms with Crippen LogP contribution in [-0.4, -0.2) is 15.7 Å². The zero-order chi connectivity index (χ0) is 23.5. The molecule has 4 aromatic rings. The Labute approximate surface area is 194 Å². The van der Waals surface area contributed by atoms with Crippen molar-refractivity contribution in [2.24, 2.45) is 5.92 Å². The van der Waals surface area contributed by atoms with Gasteiger partial charge < -0.3 is 5.32 Å². The van der Waals surface area contributed by atoms with Crippen molar-refractivity contribution in [3.05, 3.63) is 100.0 Å². The molecule has 0 aliphatic rings. The van der Waals surface area contributed by atoms with Gasteiger partial charge >= 0.3 is 0 Å². The lowest BCUT2D eigenvalue weighted by atomic mass is 9.96. The monoisotopic (exact) mass is 439 g/mol. The van der Waals surface area contributed by atoms with E-state index in [1.165, 1.54) is 10.2 Å². The van der Waals surface area contributed by atoms with Crippen LogP contribution in [0, 0.1) is 12.8 Å². The number of carbonyl (C=O) groups excluding carboxylic acids is 1. The first-order valence-corrected chi connectivity index (χ1v) is 11.3. The fourth-order valence-electron chi connectivity index (χ4n) is 4.03. The normalized spacial score (nSPS) is 12.2.